The topological polar surface area (TPSA) is 38.1 Å². The van der Waals surface area contributed by atoms with Crippen molar-refractivity contribution in [3.63, 3.8) is 0 Å². The molecule has 0 atom stereocenters. The molecule has 90 valence electrons. The molecule has 0 spiro atoms. The molecule has 0 saturated heterocycles. The molecule has 3 aliphatic heterocycles. The van der Waals surface area contributed by atoms with Crippen molar-refractivity contribution in [3.8, 4) is 28.3 Å². The fraction of sp³-hybridized carbons (Fsp3) is 0.0625. The van der Waals surface area contributed by atoms with Crippen molar-refractivity contribution < 1.29 is 5.11 Å². The molecule has 4 bridgehead atoms. The minimum atomic E-state index is 0.289. The van der Waals surface area contributed by atoms with Gasteiger partial charge in [0.1, 0.15) is 5.75 Å². The van der Waals surface area contributed by atoms with Crippen molar-refractivity contribution in [1.82, 2.24) is 9.55 Å². The third kappa shape index (κ3) is 1.02. The molecule has 3 heteroatoms. The number of fused-ring (bicyclic) bond motifs is 3. The van der Waals surface area contributed by atoms with Gasteiger partial charge >= 0.3 is 0 Å². The van der Waals surface area contributed by atoms with Crippen LogP contribution in [-0.4, -0.2) is 14.7 Å². The van der Waals surface area contributed by atoms with Crippen LogP contribution in [0.3, 0.4) is 0 Å². The number of nitrogens with zero attached hydrogens (tertiary/aromatic N) is 2. The lowest BCUT2D eigenvalue weighted by Crippen LogP contribution is -1.93. The fourth-order valence-corrected chi connectivity index (χ4v) is 3.23. The molecule has 0 amide bonds. The van der Waals surface area contributed by atoms with Crippen LogP contribution in [0.2, 0.25) is 0 Å². The summed E-state index contributed by atoms with van der Waals surface area (Å²) in [4.78, 5) is 4.77. The van der Waals surface area contributed by atoms with Gasteiger partial charge in [0.2, 0.25) is 0 Å². The largest absolute Gasteiger partial charge is 0.508 e. The fourth-order valence-electron chi connectivity index (χ4n) is 3.23. The van der Waals surface area contributed by atoms with E-state index >= 15 is 0 Å². The molecular formula is C16H10N2O. The van der Waals surface area contributed by atoms with E-state index in [1.807, 2.05) is 6.07 Å². The molecule has 0 fully saturated rings. The summed E-state index contributed by atoms with van der Waals surface area (Å²) in [6.45, 7) is 0.950. The van der Waals surface area contributed by atoms with Crippen LogP contribution in [0.4, 0.5) is 0 Å². The third-order valence-corrected chi connectivity index (χ3v) is 4.09. The molecule has 19 heavy (non-hydrogen) atoms. The van der Waals surface area contributed by atoms with Gasteiger partial charge in [0.15, 0.2) is 0 Å². The molecule has 1 aromatic carbocycles. The highest BCUT2D eigenvalue weighted by Gasteiger charge is 2.27. The lowest BCUT2D eigenvalue weighted by atomic mass is 10.0. The zero-order valence-electron chi connectivity index (χ0n) is 10.1. The van der Waals surface area contributed by atoms with Crippen LogP contribution in [0.5, 0.6) is 5.75 Å². The molecule has 0 unspecified atom stereocenters. The first-order valence-corrected chi connectivity index (χ1v) is 6.34. The van der Waals surface area contributed by atoms with Gasteiger partial charge in [-0.25, -0.2) is 4.98 Å². The monoisotopic (exact) mass is 246 g/mol. The second-order valence-corrected chi connectivity index (χ2v) is 5.14. The summed E-state index contributed by atoms with van der Waals surface area (Å²) in [5.74, 6) is 0.289. The lowest BCUT2D eigenvalue weighted by Gasteiger charge is -2.00. The van der Waals surface area contributed by atoms with Crippen molar-refractivity contribution in [1.29, 1.82) is 0 Å². The highest BCUT2D eigenvalue weighted by atomic mass is 16.3. The van der Waals surface area contributed by atoms with Crippen LogP contribution in [0.15, 0.2) is 42.6 Å². The molecule has 0 saturated carbocycles. The lowest BCUT2D eigenvalue weighted by molar-refractivity contribution is 0.476. The van der Waals surface area contributed by atoms with Gasteiger partial charge in [0.05, 0.1) is 16.9 Å². The van der Waals surface area contributed by atoms with Crippen molar-refractivity contribution in [2.45, 2.75) is 6.54 Å². The number of aromatic hydroxyl groups is 1. The summed E-state index contributed by atoms with van der Waals surface area (Å²) < 4.78 is 2.25. The number of rotatable bonds is 0. The Morgan fingerprint density at radius 3 is 3.00 bits per heavy atom. The van der Waals surface area contributed by atoms with Gasteiger partial charge in [-0.15, -0.1) is 0 Å². The Kier molecular flexibility index (Phi) is 1.42. The summed E-state index contributed by atoms with van der Waals surface area (Å²) >= 11 is 0. The Balaban J connectivity index is 2.03. The van der Waals surface area contributed by atoms with Crippen molar-refractivity contribution in [2.75, 3.05) is 0 Å². The van der Waals surface area contributed by atoms with E-state index in [0.29, 0.717) is 0 Å². The Hall–Kier alpha value is -2.55. The van der Waals surface area contributed by atoms with E-state index in [0.717, 1.165) is 28.7 Å². The molecule has 0 aromatic heterocycles. The smallest absolute Gasteiger partial charge is 0.116 e. The van der Waals surface area contributed by atoms with Gasteiger partial charge in [-0.05, 0) is 35.9 Å². The summed E-state index contributed by atoms with van der Waals surface area (Å²) in [6, 6.07) is 11.8. The highest BCUT2D eigenvalue weighted by Crippen LogP contribution is 2.45. The SMILES string of the molecule is Oc1ccc2nc3c4c5ccc-4n(ccc-3c2c1)C5. The van der Waals surface area contributed by atoms with E-state index in [-0.39, 0.29) is 5.75 Å². The molecule has 3 nitrogen and oxygen atoms in total. The average molecular weight is 246 g/mol. The van der Waals surface area contributed by atoms with Gasteiger partial charge in [0, 0.05) is 29.3 Å². The van der Waals surface area contributed by atoms with Crippen LogP contribution >= 0.6 is 0 Å². The maximum absolute atomic E-state index is 9.68. The zero-order valence-corrected chi connectivity index (χ0v) is 10.1. The minimum absolute atomic E-state index is 0.289. The Morgan fingerprint density at radius 2 is 2.05 bits per heavy atom. The van der Waals surface area contributed by atoms with Crippen LogP contribution < -0.4 is 0 Å². The number of phenols is 1. The maximum Gasteiger partial charge on any atom is 0.116 e. The molecule has 3 heterocycles. The maximum atomic E-state index is 9.68. The van der Waals surface area contributed by atoms with Crippen LogP contribution in [-0.2, 0) is 6.54 Å². The standard InChI is InChI=1S/C16H10N2O/c19-10-2-3-13-12(7-10)11-5-6-18-8-9-1-4-14(18)15(9)16(11)17-13/h1-7,19H,8H2. The van der Waals surface area contributed by atoms with Gasteiger partial charge < -0.3 is 9.67 Å². The van der Waals surface area contributed by atoms with E-state index in [1.165, 1.54) is 16.8 Å². The molecule has 1 aliphatic carbocycles. The van der Waals surface area contributed by atoms with Crippen molar-refractivity contribution in [2.24, 2.45) is 0 Å². The third-order valence-electron chi connectivity index (χ3n) is 4.09. The molecule has 5 rings (SSSR count). The summed E-state index contributed by atoms with van der Waals surface area (Å²) in [5.41, 5.74) is 6.95. The van der Waals surface area contributed by atoms with E-state index in [2.05, 4.69) is 29.0 Å². The van der Waals surface area contributed by atoms with Crippen LogP contribution in [0.25, 0.3) is 33.4 Å². The first-order valence-electron chi connectivity index (χ1n) is 6.34. The molecule has 0 radical (unpaired) electrons. The summed E-state index contributed by atoms with van der Waals surface area (Å²) in [6.07, 6.45) is 2.11. The average Bonchev–Trinajstić information content (AvgIpc) is 3.01. The van der Waals surface area contributed by atoms with Gasteiger partial charge in [-0.1, -0.05) is 6.07 Å². The predicted octanol–water partition coefficient (Wildman–Crippen LogP) is 3.31. The van der Waals surface area contributed by atoms with E-state index in [9.17, 15) is 5.11 Å². The first kappa shape index (κ1) is 9.39. The second-order valence-electron chi connectivity index (χ2n) is 5.14. The van der Waals surface area contributed by atoms with E-state index in [4.69, 9.17) is 4.98 Å². The summed E-state index contributed by atoms with van der Waals surface area (Å²) in [7, 11) is 0. The molecular weight excluding hydrogens is 236 g/mol. The minimum Gasteiger partial charge on any atom is -0.508 e. The Morgan fingerprint density at radius 1 is 1.11 bits per heavy atom. The number of benzene rings is 1. The highest BCUT2D eigenvalue weighted by molar-refractivity contribution is 6.03. The van der Waals surface area contributed by atoms with E-state index in [1.54, 1.807) is 12.1 Å². The Bertz CT molecular complexity index is 906. The zero-order chi connectivity index (χ0) is 12.6. The van der Waals surface area contributed by atoms with Crippen LogP contribution in [0, 0.1) is 0 Å². The molecule has 4 aliphatic rings. The molecule has 1 N–H and O–H groups in total. The molecule has 1 aromatic rings. The van der Waals surface area contributed by atoms with Gasteiger partial charge in [0.25, 0.3) is 0 Å². The Labute approximate surface area is 109 Å². The number of hydrogen-bond donors (Lipinski definition) is 1. The number of aromatic nitrogens is 2. The second kappa shape index (κ2) is 2.88. The van der Waals surface area contributed by atoms with Crippen molar-refractivity contribution >= 4 is 10.9 Å². The van der Waals surface area contributed by atoms with Gasteiger partial charge in [-0.2, -0.15) is 0 Å². The first-order chi connectivity index (χ1) is 9.31. The van der Waals surface area contributed by atoms with Crippen LogP contribution in [0.1, 0.15) is 5.56 Å². The summed E-state index contributed by atoms with van der Waals surface area (Å²) in [5, 5.41) is 10.7. The van der Waals surface area contributed by atoms with E-state index < -0.39 is 0 Å². The quantitative estimate of drug-likeness (QED) is 0.455. The normalized spacial score (nSPS) is 13.3. The number of phenolic OH excluding ortho intramolecular Hbond substituents is 1. The van der Waals surface area contributed by atoms with Gasteiger partial charge in [-0.3, -0.25) is 0 Å². The number of hydrogen-bond acceptors (Lipinski definition) is 2. The van der Waals surface area contributed by atoms with Crippen molar-refractivity contribution in [3.05, 3.63) is 48.2 Å². The predicted molar refractivity (Wildman–Crippen MR) is 73.7 cm³/mol.